The van der Waals surface area contributed by atoms with Crippen LogP contribution in [-0.2, 0) is 22.6 Å². The number of hydrogen-bond acceptors (Lipinski definition) is 6. The van der Waals surface area contributed by atoms with Crippen molar-refractivity contribution < 1.29 is 23.5 Å². The highest BCUT2D eigenvalue weighted by molar-refractivity contribution is 5.96. The van der Waals surface area contributed by atoms with Crippen LogP contribution in [0.2, 0.25) is 0 Å². The van der Waals surface area contributed by atoms with Gasteiger partial charge in [0.05, 0.1) is 24.9 Å². The number of imide groups is 1. The van der Waals surface area contributed by atoms with Crippen molar-refractivity contribution in [3.05, 3.63) is 78.0 Å². The monoisotopic (exact) mass is 382 g/mol. The molecule has 0 saturated heterocycles. The van der Waals surface area contributed by atoms with E-state index in [0.717, 1.165) is 5.56 Å². The first-order chi connectivity index (χ1) is 13.6. The van der Waals surface area contributed by atoms with Crippen LogP contribution in [0.25, 0.3) is 0 Å². The first-order valence-corrected chi connectivity index (χ1v) is 8.44. The number of urea groups is 1. The van der Waals surface area contributed by atoms with Crippen LogP contribution in [0.5, 0.6) is 0 Å². The molecule has 0 aliphatic heterocycles. The summed E-state index contributed by atoms with van der Waals surface area (Å²) in [6, 6.07) is 11.3. The van der Waals surface area contributed by atoms with E-state index >= 15 is 0 Å². The minimum absolute atomic E-state index is 0.136. The molecule has 0 unspecified atom stereocenters. The molecule has 0 aliphatic carbocycles. The van der Waals surface area contributed by atoms with Crippen molar-refractivity contribution in [2.75, 3.05) is 6.61 Å². The molecular formula is C19H18N4O5. The third kappa shape index (κ3) is 5.56. The molecule has 9 heteroatoms. The SMILES string of the molecule is O=C(COC(=O)c1ccc(Cn2cccn2)cc1)NC(=O)NCc1ccco1. The molecule has 0 radical (unpaired) electrons. The van der Waals surface area contributed by atoms with Crippen LogP contribution in [0.1, 0.15) is 21.7 Å². The number of esters is 1. The van der Waals surface area contributed by atoms with Crippen LogP contribution in [0, 0.1) is 0 Å². The molecule has 3 aromatic rings. The number of nitrogens with zero attached hydrogens (tertiary/aromatic N) is 2. The van der Waals surface area contributed by atoms with E-state index in [-0.39, 0.29) is 6.54 Å². The molecule has 2 heterocycles. The van der Waals surface area contributed by atoms with E-state index in [1.54, 1.807) is 47.3 Å². The van der Waals surface area contributed by atoms with Crippen LogP contribution in [0.4, 0.5) is 4.79 Å². The van der Waals surface area contributed by atoms with Crippen molar-refractivity contribution in [3.63, 3.8) is 0 Å². The molecule has 3 rings (SSSR count). The maximum Gasteiger partial charge on any atom is 0.338 e. The standard InChI is InChI=1S/C19H18N4O5/c24-17(22-19(26)20-11-16-3-1-10-27-16)13-28-18(25)15-6-4-14(5-7-15)12-23-9-2-8-21-23/h1-10H,11-13H2,(H2,20,22,24,26). The summed E-state index contributed by atoms with van der Waals surface area (Å²) >= 11 is 0. The molecule has 0 aliphatic rings. The smallest absolute Gasteiger partial charge is 0.338 e. The Labute approximate surface area is 160 Å². The second kappa shape index (κ2) is 9.17. The van der Waals surface area contributed by atoms with E-state index in [2.05, 4.69) is 15.7 Å². The topological polar surface area (TPSA) is 115 Å². The van der Waals surface area contributed by atoms with Crippen LogP contribution in [0.3, 0.4) is 0 Å². The van der Waals surface area contributed by atoms with E-state index in [1.807, 2.05) is 12.3 Å². The summed E-state index contributed by atoms with van der Waals surface area (Å²) in [6.45, 7) is 0.149. The number of furan rings is 1. The third-order valence-electron chi connectivity index (χ3n) is 3.68. The molecule has 0 bridgehead atoms. The fourth-order valence-electron chi connectivity index (χ4n) is 2.33. The molecule has 2 aromatic heterocycles. The van der Waals surface area contributed by atoms with E-state index in [4.69, 9.17) is 9.15 Å². The zero-order valence-electron chi connectivity index (χ0n) is 14.8. The lowest BCUT2D eigenvalue weighted by atomic mass is 10.1. The number of benzene rings is 1. The Morgan fingerprint density at radius 1 is 1.11 bits per heavy atom. The second-order valence-corrected chi connectivity index (χ2v) is 5.79. The predicted octanol–water partition coefficient (Wildman–Crippen LogP) is 1.71. The fraction of sp³-hybridized carbons (Fsp3) is 0.158. The van der Waals surface area contributed by atoms with Crippen molar-refractivity contribution in [2.24, 2.45) is 0 Å². The molecule has 1 aromatic carbocycles. The fourth-order valence-corrected chi connectivity index (χ4v) is 2.33. The van der Waals surface area contributed by atoms with Gasteiger partial charge >= 0.3 is 12.0 Å². The number of hydrogen-bond donors (Lipinski definition) is 2. The normalized spacial score (nSPS) is 10.3. The summed E-state index contributed by atoms with van der Waals surface area (Å²) in [4.78, 5) is 35.3. The predicted molar refractivity (Wildman–Crippen MR) is 97.1 cm³/mol. The largest absolute Gasteiger partial charge is 0.467 e. The molecule has 0 spiro atoms. The number of nitrogens with one attached hydrogen (secondary N) is 2. The lowest BCUT2D eigenvalue weighted by Crippen LogP contribution is -2.41. The number of rotatable bonds is 7. The average Bonchev–Trinajstić information content (AvgIpc) is 3.39. The van der Waals surface area contributed by atoms with Gasteiger partial charge in [0.15, 0.2) is 6.61 Å². The molecule has 0 fully saturated rings. The van der Waals surface area contributed by atoms with Gasteiger partial charge in [0.1, 0.15) is 5.76 Å². The second-order valence-electron chi connectivity index (χ2n) is 5.79. The Morgan fingerprint density at radius 3 is 2.61 bits per heavy atom. The van der Waals surface area contributed by atoms with Gasteiger partial charge in [0.25, 0.3) is 5.91 Å². The van der Waals surface area contributed by atoms with Gasteiger partial charge in [-0.25, -0.2) is 9.59 Å². The summed E-state index contributed by atoms with van der Waals surface area (Å²) in [5, 5.41) is 8.62. The summed E-state index contributed by atoms with van der Waals surface area (Å²) in [6.07, 6.45) is 5.00. The zero-order chi connectivity index (χ0) is 19.8. The van der Waals surface area contributed by atoms with Crippen molar-refractivity contribution in [1.82, 2.24) is 20.4 Å². The lowest BCUT2D eigenvalue weighted by Gasteiger charge is -2.07. The molecule has 28 heavy (non-hydrogen) atoms. The Bertz CT molecular complexity index is 918. The number of carbonyl (C=O) groups excluding carboxylic acids is 3. The van der Waals surface area contributed by atoms with E-state index in [9.17, 15) is 14.4 Å². The van der Waals surface area contributed by atoms with E-state index < -0.39 is 24.5 Å². The summed E-state index contributed by atoms with van der Waals surface area (Å²) in [7, 11) is 0. The van der Waals surface area contributed by atoms with Crippen molar-refractivity contribution in [3.8, 4) is 0 Å². The summed E-state index contributed by atoms with van der Waals surface area (Å²) < 4.78 is 11.7. The van der Waals surface area contributed by atoms with Crippen molar-refractivity contribution >= 4 is 17.9 Å². The number of carbonyl (C=O) groups is 3. The molecular weight excluding hydrogens is 364 g/mol. The van der Waals surface area contributed by atoms with Crippen molar-refractivity contribution in [1.29, 1.82) is 0 Å². The molecule has 3 amide bonds. The maximum atomic E-state index is 12.0. The quantitative estimate of drug-likeness (QED) is 0.601. The minimum atomic E-state index is -0.736. The third-order valence-corrected chi connectivity index (χ3v) is 3.68. The molecule has 2 N–H and O–H groups in total. The Hall–Kier alpha value is -3.88. The summed E-state index contributed by atoms with van der Waals surface area (Å²) in [5.41, 5.74) is 1.27. The van der Waals surface area contributed by atoms with Crippen LogP contribution in [0.15, 0.2) is 65.5 Å². The Balaban J connectivity index is 1.40. The number of aromatic nitrogens is 2. The number of amides is 3. The van der Waals surface area contributed by atoms with E-state index in [1.165, 1.54) is 6.26 Å². The van der Waals surface area contributed by atoms with Gasteiger partial charge < -0.3 is 14.5 Å². The highest BCUT2D eigenvalue weighted by atomic mass is 16.5. The van der Waals surface area contributed by atoms with Gasteiger partial charge in [-0.1, -0.05) is 12.1 Å². The number of ether oxygens (including phenoxy) is 1. The highest BCUT2D eigenvalue weighted by Crippen LogP contribution is 2.07. The zero-order valence-corrected chi connectivity index (χ0v) is 14.8. The van der Waals surface area contributed by atoms with Gasteiger partial charge in [0, 0.05) is 12.4 Å². The summed E-state index contributed by atoms with van der Waals surface area (Å²) in [5.74, 6) is -0.845. The van der Waals surface area contributed by atoms with Crippen LogP contribution < -0.4 is 10.6 Å². The van der Waals surface area contributed by atoms with Crippen LogP contribution in [-0.4, -0.2) is 34.3 Å². The first-order valence-electron chi connectivity index (χ1n) is 8.44. The van der Waals surface area contributed by atoms with Gasteiger partial charge in [-0.2, -0.15) is 5.10 Å². The molecule has 144 valence electrons. The Kier molecular flexibility index (Phi) is 6.19. The first kappa shape index (κ1) is 18.9. The molecule has 0 saturated carbocycles. The van der Waals surface area contributed by atoms with E-state index in [0.29, 0.717) is 17.9 Å². The van der Waals surface area contributed by atoms with Gasteiger partial charge in [0.2, 0.25) is 0 Å². The Morgan fingerprint density at radius 2 is 1.93 bits per heavy atom. The van der Waals surface area contributed by atoms with Gasteiger partial charge in [-0.05, 0) is 35.9 Å². The molecule has 9 nitrogen and oxygen atoms in total. The minimum Gasteiger partial charge on any atom is -0.467 e. The maximum absolute atomic E-state index is 12.0. The van der Waals surface area contributed by atoms with Gasteiger partial charge in [-0.15, -0.1) is 0 Å². The average molecular weight is 382 g/mol. The van der Waals surface area contributed by atoms with Crippen LogP contribution >= 0.6 is 0 Å². The van der Waals surface area contributed by atoms with Gasteiger partial charge in [-0.3, -0.25) is 14.8 Å². The van der Waals surface area contributed by atoms with Crippen molar-refractivity contribution in [2.45, 2.75) is 13.1 Å². The highest BCUT2D eigenvalue weighted by Gasteiger charge is 2.13. The molecule has 0 atom stereocenters. The lowest BCUT2D eigenvalue weighted by molar-refractivity contribution is -0.123.